The third kappa shape index (κ3) is 3.57. The highest BCUT2D eigenvalue weighted by atomic mass is 16.1. The van der Waals surface area contributed by atoms with Crippen LogP contribution in [0.3, 0.4) is 0 Å². The van der Waals surface area contributed by atoms with Gasteiger partial charge in [0.25, 0.3) is 0 Å². The Labute approximate surface area is 147 Å². The lowest BCUT2D eigenvalue weighted by Crippen LogP contribution is -2.68. The largest absolute Gasteiger partial charge is 0.295 e. The van der Waals surface area contributed by atoms with E-state index in [4.69, 9.17) is 0 Å². The van der Waals surface area contributed by atoms with E-state index in [1.165, 1.54) is 18.4 Å². The van der Waals surface area contributed by atoms with Crippen LogP contribution in [0, 0.1) is 5.92 Å². The third-order valence-electron chi connectivity index (χ3n) is 6.51. The van der Waals surface area contributed by atoms with Crippen molar-refractivity contribution in [3.05, 3.63) is 35.4 Å². The zero-order chi connectivity index (χ0) is 18.0. The van der Waals surface area contributed by atoms with E-state index in [0.717, 1.165) is 24.9 Å². The normalized spacial score (nSPS) is 31.2. The van der Waals surface area contributed by atoms with Crippen LogP contribution in [0.25, 0.3) is 0 Å². The Morgan fingerprint density at radius 2 is 1.83 bits per heavy atom. The van der Waals surface area contributed by atoms with Gasteiger partial charge in [-0.25, -0.2) is 10.4 Å². The van der Waals surface area contributed by atoms with Gasteiger partial charge in [0, 0.05) is 23.2 Å². The van der Waals surface area contributed by atoms with E-state index >= 15 is 0 Å². The van der Waals surface area contributed by atoms with Crippen LogP contribution in [0.5, 0.6) is 0 Å². The molecule has 2 rings (SSSR count). The molecule has 0 aliphatic carbocycles. The molecule has 3 atom stereocenters. The molecule has 3 nitrogen and oxygen atoms in total. The molecule has 1 aliphatic rings. The van der Waals surface area contributed by atoms with Gasteiger partial charge >= 0.3 is 0 Å². The lowest BCUT2D eigenvalue weighted by molar-refractivity contribution is -0.120. The molecule has 1 aliphatic heterocycles. The van der Waals surface area contributed by atoms with Crippen molar-refractivity contribution < 1.29 is 4.79 Å². The van der Waals surface area contributed by atoms with E-state index in [-0.39, 0.29) is 16.9 Å². The van der Waals surface area contributed by atoms with Gasteiger partial charge in [0.1, 0.15) is 0 Å². The first-order chi connectivity index (χ1) is 11.3. The van der Waals surface area contributed by atoms with Crippen molar-refractivity contribution in [1.82, 2.24) is 10.4 Å². The van der Waals surface area contributed by atoms with Gasteiger partial charge < -0.3 is 0 Å². The molecule has 0 bridgehead atoms. The molecule has 0 spiro atoms. The zero-order valence-electron chi connectivity index (χ0n) is 16.3. The van der Waals surface area contributed by atoms with Gasteiger partial charge in [-0.2, -0.15) is 0 Å². The number of hydrazine groups is 1. The molecule has 1 aromatic carbocycles. The number of carbonyl (C=O) groups excluding carboxylic acids is 1. The summed E-state index contributed by atoms with van der Waals surface area (Å²) in [5.41, 5.74) is 6.11. The van der Waals surface area contributed by atoms with Crippen LogP contribution < -0.4 is 5.43 Å². The van der Waals surface area contributed by atoms with Gasteiger partial charge in [0.05, 0.1) is 0 Å². The van der Waals surface area contributed by atoms with Gasteiger partial charge in [-0.05, 0) is 57.9 Å². The van der Waals surface area contributed by atoms with E-state index in [2.05, 4.69) is 57.2 Å². The number of ketones is 1. The summed E-state index contributed by atoms with van der Waals surface area (Å²) in [6.07, 6.45) is 4.81. The van der Waals surface area contributed by atoms with Crippen molar-refractivity contribution in [3.8, 4) is 0 Å². The van der Waals surface area contributed by atoms with Crippen LogP contribution in [0.15, 0.2) is 24.3 Å². The van der Waals surface area contributed by atoms with Crippen molar-refractivity contribution in [2.24, 2.45) is 5.92 Å². The first-order valence-electron chi connectivity index (χ1n) is 9.40. The Kier molecular flexibility index (Phi) is 5.87. The predicted octanol–water partition coefficient (Wildman–Crippen LogP) is 4.96. The monoisotopic (exact) mass is 330 g/mol. The molecule has 1 heterocycles. The second-order valence-electron chi connectivity index (χ2n) is 7.92. The van der Waals surface area contributed by atoms with Crippen molar-refractivity contribution in [1.29, 1.82) is 0 Å². The molecular formula is C21H34N2O. The molecule has 24 heavy (non-hydrogen) atoms. The summed E-state index contributed by atoms with van der Waals surface area (Å²) in [5.74, 6) is 0.797. The summed E-state index contributed by atoms with van der Waals surface area (Å²) in [6, 6.07) is 7.97. The van der Waals surface area contributed by atoms with Crippen molar-refractivity contribution in [3.63, 3.8) is 0 Å². The van der Waals surface area contributed by atoms with Crippen molar-refractivity contribution in [2.75, 3.05) is 0 Å². The highest BCUT2D eigenvalue weighted by molar-refractivity contribution is 5.93. The van der Waals surface area contributed by atoms with Crippen LogP contribution in [-0.2, 0) is 6.54 Å². The van der Waals surface area contributed by atoms with Gasteiger partial charge in [0.2, 0.25) is 0 Å². The second kappa shape index (κ2) is 7.37. The minimum Gasteiger partial charge on any atom is -0.295 e. The highest BCUT2D eigenvalue weighted by Gasteiger charge is 2.48. The first-order valence-corrected chi connectivity index (χ1v) is 9.40. The highest BCUT2D eigenvalue weighted by Crippen LogP contribution is 2.44. The van der Waals surface area contributed by atoms with Crippen molar-refractivity contribution >= 4 is 5.78 Å². The molecule has 3 heteroatoms. The smallest absolute Gasteiger partial charge is 0.159 e. The lowest BCUT2D eigenvalue weighted by Gasteiger charge is -2.58. The first kappa shape index (κ1) is 19.1. The Bertz CT molecular complexity index is 568. The van der Waals surface area contributed by atoms with Crippen LogP contribution in [0.2, 0.25) is 0 Å². The van der Waals surface area contributed by atoms with Crippen LogP contribution in [0.4, 0.5) is 0 Å². The third-order valence-corrected chi connectivity index (χ3v) is 6.51. The Hall–Kier alpha value is -1.19. The van der Waals surface area contributed by atoms with Crippen molar-refractivity contribution in [2.45, 2.75) is 84.8 Å². The number of carbonyl (C=O) groups is 1. The Balaban J connectivity index is 2.18. The summed E-state index contributed by atoms with van der Waals surface area (Å²) in [4.78, 5) is 11.4. The minimum atomic E-state index is 0.122. The molecule has 0 aromatic heterocycles. The van der Waals surface area contributed by atoms with E-state index in [1.54, 1.807) is 6.92 Å². The Morgan fingerprint density at radius 3 is 2.33 bits per heavy atom. The Morgan fingerprint density at radius 1 is 1.21 bits per heavy atom. The summed E-state index contributed by atoms with van der Waals surface area (Å²) in [5, 5.41) is 2.55. The molecule has 0 amide bonds. The average Bonchev–Trinajstić information content (AvgIpc) is 2.58. The summed E-state index contributed by atoms with van der Waals surface area (Å²) >= 11 is 0. The number of nitrogens with one attached hydrogen (secondary N) is 1. The fourth-order valence-corrected chi connectivity index (χ4v) is 4.03. The number of piperidine rings is 1. The molecule has 1 fully saturated rings. The van der Waals surface area contributed by atoms with Crippen LogP contribution in [0.1, 0.15) is 83.1 Å². The lowest BCUT2D eigenvalue weighted by atomic mass is 9.71. The minimum absolute atomic E-state index is 0.122. The number of benzene rings is 1. The van der Waals surface area contributed by atoms with E-state index in [9.17, 15) is 4.79 Å². The topological polar surface area (TPSA) is 32.3 Å². The van der Waals surface area contributed by atoms with Gasteiger partial charge in [-0.3, -0.25) is 4.79 Å². The summed E-state index contributed by atoms with van der Waals surface area (Å²) in [6.45, 7) is 14.2. The molecule has 1 saturated heterocycles. The van der Waals surface area contributed by atoms with Gasteiger partial charge in [-0.15, -0.1) is 0 Å². The maximum absolute atomic E-state index is 11.4. The predicted molar refractivity (Wildman–Crippen MR) is 101 cm³/mol. The van der Waals surface area contributed by atoms with Gasteiger partial charge in [-0.1, -0.05) is 45.0 Å². The molecule has 3 unspecified atom stereocenters. The number of nitrogens with zero attached hydrogens (tertiary/aromatic N) is 1. The molecule has 1 aromatic rings. The second-order valence-corrected chi connectivity index (χ2v) is 7.92. The SMILES string of the molecule is CCC1(C)CCC(C)C(C)(CC)N1NCc1ccc(C(C)=O)cc1. The summed E-state index contributed by atoms with van der Waals surface area (Å²) < 4.78 is 0. The van der Waals surface area contributed by atoms with Gasteiger partial charge in [0.15, 0.2) is 5.78 Å². The van der Waals surface area contributed by atoms with E-state index < -0.39 is 0 Å². The number of rotatable bonds is 6. The number of hydrogen-bond donors (Lipinski definition) is 1. The number of hydrogen-bond acceptors (Lipinski definition) is 3. The standard InChI is InChI=1S/C21H34N2O/c1-7-20(5)14-13-16(3)21(6,8-2)23(20)22-15-18-9-11-19(12-10-18)17(4)24/h9-12,16,22H,7-8,13-15H2,1-6H3. The average molecular weight is 331 g/mol. The van der Waals surface area contributed by atoms with Crippen LogP contribution in [-0.4, -0.2) is 21.9 Å². The fourth-order valence-electron chi connectivity index (χ4n) is 4.03. The zero-order valence-corrected chi connectivity index (χ0v) is 16.3. The van der Waals surface area contributed by atoms with E-state index in [0.29, 0.717) is 5.92 Å². The summed E-state index contributed by atoms with van der Waals surface area (Å²) in [7, 11) is 0. The van der Waals surface area contributed by atoms with E-state index in [1.807, 2.05) is 12.1 Å². The maximum atomic E-state index is 11.4. The molecule has 134 valence electrons. The molecule has 1 N–H and O–H groups in total. The quantitative estimate of drug-likeness (QED) is 0.748. The fraction of sp³-hybridized carbons (Fsp3) is 0.667. The molecular weight excluding hydrogens is 296 g/mol. The van der Waals surface area contributed by atoms with Crippen LogP contribution >= 0.6 is 0 Å². The molecule has 0 saturated carbocycles. The number of Topliss-reactive ketones (excluding diaryl/α,β-unsaturated/α-hetero) is 1. The maximum Gasteiger partial charge on any atom is 0.159 e. The molecule has 0 radical (unpaired) electrons.